The van der Waals surface area contributed by atoms with E-state index in [1.807, 2.05) is 6.07 Å². The van der Waals surface area contributed by atoms with Crippen LogP contribution in [0.25, 0.3) is 0 Å². The molecule has 0 atom stereocenters. The average Bonchev–Trinajstić information content (AvgIpc) is 2.33. The van der Waals surface area contributed by atoms with Crippen LogP contribution in [0.3, 0.4) is 0 Å². The molecule has 0 saturated heterocycles. The Hall–Kier alpha value is -1.36. The van der Waals surface area contributed by atoms with Crippen molar-refractivity contribution >= 4 is 5.82 Å². The fourth-order valence-corrected chi connectivity index (χ4v) is 1.15. The van der Waals surface area contributed by atoms with Crippen molar-refractivity contribution in [3.05, 3.63) is 12.4 Å². The van der Waals surface area contributed by atoms with Gasteiger partial charge in [-0.15, -0.1) is 0 Å². The van der Waals surface area contributed by atoms with Gasteiger partial charge < -0.3 is 14.8 Å². The molecule has 1 N–H and O–H groups in total. The molecule has 0 fully saturated rings. The first-order valence-corrected chi connectivity index (χ1v) is 5.54. The van der Waals surface area contributed by atoms with E-state index in [0.29, 0.717) is 12.5 Å². The number of nitrogens with one attached hydrogen (secondary N) is 1. The summed E-state index contributed by atoms with van der Waals surface area (Å²) in [5, 5.41) is 3.19. The number of rotatable bonds is 8. The topological polar surface area (TPSA) is 56.3 Å². The number of anilines is 1. The lowest BCUT2D eigenvalue weighted by molar-refractivity contribution is 0.197. The van der Waals surface area contributed by atoms with E-state index in [2.05, 4.69) is 22.2 Å². The van der Waals surface area contributed by atoms with Gasteiger partial charge in [0.1, 0.15) is 12.1 Å². The first-order valence-electron chi connectivity index (χ1n) is 5.54. The number of hydrogen-bond acceptors (Lipinski definition) is 5. The molecule has 1 aromatic rings. The summed E-state index contributed by atoms with van der Waals surface area (Å²) in [7, 11) is 1.70. The summed E-state index contributed by atoms with van der Waals surface area (Å²) in [5.41, 5.74) is 0. The lowest BCUT2D eigenvalue weighted by atomic mass is 10.4. The predicted octanol–water partition coefficient (Wildman–Crippen LogP) is 1.71. The van der Waals surface area contributed by atoms with Crippen molar-refractivity contribution < 1.29 is 9.47 Å². The fraction of sp³-hybridized carbons (Fsp3) is 0.636. The van der Waals surface area contributed by atoms with Gasteiger partial charge in [0, 0.05) is 26.3 Å². The van der Waals surface area contributed by atoms with Gasteiger partial charge in [-0.05, 0) is 12.8 Å². The third-order valence-electron chi connectivity index (χ3n) is 1.93. The zero-order valence-corrected chi connectivity index (χ0v) is 9.90. The normalized spacial score (nSPS) is 10.1. The van der Waals surface area contributed by atoms with Gasteiger partial charge in [-0.25, -0.2) is 9.97 Å². The number of aromatic nitrogens is 2. The van der Waals surface area contributed by atoms with Crippen LogP contribution in [-0.4, -0.2) is 36.8 Å². The minimum Gasteiger partial charge on any atom is -0.478 e. The molecule has 1 aromatic heterocycles. The second kappa shape index (κ2) is 7.87. The van der Waals surface area contributed by atoms with Crippen molar-refractivity contribution in [3.8, 4) is 5.88 Å². The molecule has 0 aromatic carbocycles. The highest BCUT2D eigenvalue weighted by atomic mass is 16.5. The molecule has 1 heterocycles. The third-order valence-corrected chi connectivity index (χ3v) is 1.93. The lowest BCUT2D eigenvalue weighted by Crippen LogP contribution is -2.07. The highest BCUT2D eigenvalue weighted by Gasteiger charge is 1.98. The zero-order chi connectivity index (χ0) is 11.6. The number of hydrogen-bond donors (Lipinski definition) is 1. The monoisotopic (exact) mass is 225 g/mol. The molecular formula is C11H19N3O2. The molecule has 0 spiro atoms. The molecule has 0 amide bonds. The maximum Gasteiger partial charge on any atom is 0.218 e. The summed E-state index contributed by atoms with van der Waals surface area (Å²) in [6, 6.07) is 1.81. The van der Waals surface area contributed by atoms with Crippen molar-refractivity contribution in [2.24, 2.45) is 0 Å². The van der Waals surface area contributed by atoms with Gasteiger partial charge >= 0.3 is 0 Å². The van der Waals surface area contributed by atoms with Crippen molar-refractivity contribution in [1.82, 2.24) is 9.97 Å². The van der Waals surface area contributed by atoms with E-state index in [1.165, 1.54) is 6.33 Å². The average molecular weight is 225 g/mol. The first kappa shape index (κ1) is 12.7. The first-order chi connectivity index (χ1) is 7.86. The second-order valence-electron chi connectivity index (χ2n) is 3.36. The molecule has 5 nitrogen and oxygen atoms in total. The Morgan fingerprint density at radius 3 is 2.94 bits per heavy atom. The standard InChI is InChI=1S/C11H19N3O2/c1-3-6-16-11-8-10(13-9-14-11)12-5-4-7-15-2/h8-9H,3-7H2,1-2H3,(H,12,13,14). The van der Waals surface area contributed by atoms with Crippen molar-refractivity contribution in [2.45, 2.75) is 19.8 Å². The Morgan fingerprint density at radius 1 is 1.31 bits per heavy atom. The Morgan fingerprint density at radius 2 is 2.19 bits per heavy atom. The molecule has 16 heavy (non-hydrogen) atoms. The third kappa shape index (κ3) is 4.93. The largest absolute Gasteiger partial charge is 0.478 e. The molecule has 90 valence electrons. The Balaban J connectivity index is 2.35. The maximum atomic E-state index is 5.41. The molecule has 0 aliphatic heterocycles. The summed E-state index contributed by atoms with van der Waals surface area (Å²) in [6.45, 7) is 4.32. The molecule has 0 saturated carbocycles. The van der Waals surface area contributed by atoms with E-state index in [4.69, 9.17) is 9.47 Å². The smallest absolute Gasteiger partial charge is 0.218 e. The maximum absolute atomic E-state index is 5.41. The fourth-order valence-electron chi connectivity index (χ4n) is 1.15. The zero-order valence-electron chi connectivity index (χ0n) is 9.90. The van der Waals surface area contributed by atoms with Gasteiger partial charge in [0.2, 0.25) is 5.88 Å². The minimum absolute atomic E-state index is 0.617. The molecular weight excluding hydrogens is 206 g/mol. The van der Waals surface area contributed by atoms with E-state index >= 15 is 0 Å². The summed E-state index contributed by atoms with van der Waals surface area (Å²) in [4.78, 5) is 8.13. The van der Waals surface area contributed by atoms with Gasteiger partial charge in [-0.1, -0.05) is 6.92 Å². The second-order valence-corrected chi connectivity index (χ2v) is 3.36. The van der Waals surface area contributed by atoms with Gasteiger partial charge in [0.25, 0.3) is 0 Å². The van der Waals surface area contributed by atoms with E-state index in [9.17, 15) is 0 Å². The summed E-state index contributed by atoms with van der Waals surface area (Å²) in [5.74, 6) is 1.41. The van der Waals surface area contributed by atoms with Crippen LogP contribution >= 0.6 is 0 Å². The quantitative estimate of drug-likeness (QED) is 0.683. The van der Waals surface area contributed by atoms with E-state index in [-0.39, 0.29) is 0 Å². The molecule has 0 bridgehead atoms. The molecule has 0 unspecified atom stereocenters. The number of ether oxygens (including phenoxy) is 2. The molecule has 0 radical (unpaired) electrons. The van der Waals surface area contributed by atoms with Crippen LogP contribution in [0.4, 0.5) is 5.82 Å². The predicted molar refractivity (Wildman–Crippen MR) is 62.8 cm³/mol. The molecule has 0 aliphatic rings. The Kier molecular flexibility index (Phi) is 6.25. The van der Waals surface area contributed by atoms with Gasteiger partial charge in [-0.2, -0.15) is 0 Å². The SMILES string of the molecule is CCCOc1cc(NCCCOC)ncn1. The molecule has 0 aliphatic carbocycles. The van der Waals surface area contributed by atoms with Crippen LogP contribution in [0.15, 0.2) is 12.4 Å². The lowest BCUT2D eigenvalue weighted by Gasteiger charge is -2.07. The van der Waals surface area contributed by atoms with Crippen LogP contribution in [0.1, 0.15) is 19.8 Å². The summed E-state index contributed by atoms with van der Waals surface area (Å²) < 4.78 is 10.4. The van der Waals surface area contributed by atoms with Crippen LogP contribution in [0.2, 0.25) is 0 Å². The van der Waals surface area contributed by atoms with E-state index < -0.39 is 0 Å². The number of methoxy groups -OCH3 is 1. The van der Waals surface area contributed by atoms with Crippen molar-refractivity contribution in [1.29, 1.82) is 0 Å². The highest BCUT2D eigenvalue weighted by molar-refractivity contribution is 5.36. The number of nitrogens with zero attached hydrogens (tertiary/aromatic N) is 2. The Bertz CT molecular complexity index is 294. The van der Waals surface area contributed by atoms with Gasteiger partial charge in [0.05, 0.1) is 6.61 Å². The minimum atomic E-state index is 0.617. The van der Waals surface area contributed by atoms with Crippen LogP contribution in [0.5, 0.6) is 5.88 Å². The summed E-state index contributed by atoms with van der Waals surface area (Å²) >= 11 is 0. The highest BCUT2D eigenvalue weighted by Crippen LogP contribution is 2.10. The van der Waals surface area contributed by atoms with Crippen molar-refractivity contribution in [2.75, 3.05) is 32.2 Å². The van der Waals surface area contributed by atoms with Crippen molar-refractivity contribution in [3.63, 3.8) is 0 Å². The van der Waals surface area contributed by atoms with E-state index in [1.54, 1.807) is 7.11 Å². The van der Waals surface area contributed by atoms with Crippen LogP contribution < -0.4 is 10.1 Å². The Labute approximate surface area is 96.2 Å². The van der Waals surface area contributed by atoms with Gasteiger partial charge in [-0.3, -0.25) is 0 Å². The van der Waals surface area contributed by atoms with E-state index in [0.717, 1.165) is 31.8 Å². The molecule has 1 rings (SSSR count). The summed E-state index contributed by atoms with van der Waals surface area (Å²) in [6.07, 6.45) is 3.43. The molecule has 5 heteroatoms. The van der Waals surface area contributed by atoms with Crippen LogP contribution in [-0.2, 0) is 4.74 Å². The van der Waals surface area contributed by atoms with Crippen LogP contribution in [0, 0.1) is 0 Å². The van der Waals surface area contributed by atoms with Gasteiger partial charge in [0.15, 0.2) is 0 Å².